The highest BCUT2D eigenvalue weighted by molar-refractivity contribution is 7.09. The van der Waals surface area contributed by atoms with E-state index in [1.165, 1.54) is 0 Å². The van der Waals surface area contributed by atoms with Crippen LogP contribution in [0.15, 0.2) is 0 Å². The summed E-state index contributed by atoms with van der Waals surface area (Å²) in [5.74, 6) is 0.190. The molecule has 118 valence electrons. The van der Waals surface area contributed by atoms with Gasteiger partial charge in [0, 0.05) is 24.5 Å². The number of carbonyl (C=O) groups excluding carboxylic acids is 1. The molecule has 0 aromatic carbocycles. The summed E-state index contributed by atoms with van der Waals surface area (Å²) in [6.07, 6.45) is 3.61. The van der Waals surface area contributed by atoms with E-state index < -0.39 is 5.97 Å². The van der Waals surface area contributed by atoms with Gasteiger partial charge in [-0.15, -0.1) is 0 Å². The Labute approximate surface area is 128 Å². The topological polar surface area (TPSA) is 104 Å². The number of rotatable bonds is 9. The Morgan fingerprint density at radius 2 is 2.10 bits per heavy atom. The summed E-state index contributed by atoms with van der Waals surface area (Å²) in [5.41, 5.74) is 0. The number of carboxylic acids is 1. The number of hydrogen-bond donors (Lipinski definition) is 3. The maximum absolute atomic E-state index is 11.6. The number of nitrogens with one attached hydrogen (secondary N) is 2. The van der Waals surface area contributed by atoms with Crippen LogP contribution in [-0.2, 0) is 4.79 Å². The van der Waals surface area contributed by atoms with Crippen LogP contribution in [0.4, 0.5) is 9.93 Å². The fourth-order valence-corrected chi connectivity index (χ4v) is 2.62. The lowest BCUT2D eigenvalue weighted by Crippen LogP contribution is -2.30. The molecule has 7 nitrogen and oxygen atoms in total. The largest absolute Gasteiger partial charge is 0.481 e. The minimum Gasteiger partial charge on any atom is -0.481 e. The first-order chi connectivity index (χ1) is 10.0. The predicted octanol–water partition coefficient (Wildman–Crippen LogP) is 2.64. The first kappa shape index (κ1) is 17.4. The van der Waals surface area contributed by atoms with Gasteiger partial charge in [-0.05, 0) is 25.7 Å². The number of aliphatic carboxylic acids is 1. The van der Waals surface area contributed by atoms with Crippen LogP contribution >= 0.6 is 11.5 Å². The fraction of sp³-hybridized carbons (Fsp3) is 0.692. The molecule has 2 amide bonds. The van der Waals surface area contributed by atoms with Gasteiger partial charge in [-0.25, -0.2) is 9.78 Å². The lowest BCUT2D eigenvalue weighted by Gasteiger charge is -2.15. The van der Waals surface area contributed by atoms with Crippen LogP contribution in [0.3, 0.4) is 0 Å². The third kappa shape index (κ3) is 7.60. The van der Waals surface area contributed by atoms with Gasteiger partial charge in [-0.2, -0.15) is 4.37 Å². The van der Waals surface area contributed by atoms with Gasteiger partial charge in [-0.3, -0.25) is 10.1 Å². The molecular weight excluding hydrogens is 292 g/mol. The molecule has 0 aliphatic rings. The van der Waals surface area contributed by atoms with Crippen molar-refractivity contribution in [1.29, 1.82) is 0 Å². The predicted molar refractivity (Wildman–Crippen MR) is 81.6 cm³/mol. The Morgan fingerprint density at radius 3 is 2.67 bits per heavy atom. The van der Waals surface area contributed by atoms with Crippen molar-refractivity contribution in [3.8, 4) is 0 Å². The molecule has 0 saturated heterocycles. The number of urea groups is 1. The van der Waals surface area contributed by atoms with Crippen LogP contribution in [0.25, 0.3) is 0 Å². The zero-order valence-electron chi connectivity index (χ0n) is 12.4. The van der Waals surface area contributed by atoms with Gasteiger partial charge in [0.05, 0.1) is 0 Å². The van der Waals surface area contributed by atoms with E-state index in [0.29, 0.717) is 29.8 Å². The highest BCUT2D eigenvalue weighted by atomic mass is 32.1. The van der Waals surface area contributed by atoms with Crippen LogP contribution in [0, 0.1) is 12.8 Å². The molecule has 0 saturated carbocycles. The summed E-state index contributed by atoms with van der Waals surface area (Å²) in [4.78, 5) is 26.3. The lowest BCUT2D eigenvalue weighted by atomic mass is 9.94. The second kappa shape index (κ2) is 9.28. The molecule has 0 fully saturated rings. The van der Waals surface area contributed by atoms with Gasteiger partial charge >= 0.3 is 12.0 Å². The van der Waals surface area contributed by atoms with Crippen molar-refractivity contribution >= 4 is 28.7 Å². The van der Waals surface area contributed by atoms with E-state index in [1.807, 2.05) is 0 Å². The van der Waals surface area contributed by atoms with Gasteiger partial charge < -0.3 is 10.4 Å². The number of carboxylic acid groups (broad SMARTS) is 1. The number of amides is 2. The minimum absolute atomic E-state index is 0.181. The molecule has 3 N–H and O–H groups in total. The molecular formula is C13H22N4O3S. The van der Waals surface area contributed by atoms with E-state index in [0.717, 1.165) is 30.8 Å². The number of carbonyl (C=O) groups is 2. The summed E-state index contributed by atoms with van der Waals surface area (Å²) in [6, 6.07) is -0.306. The van der Waals surface area contributed by atoms with E-state index in [2.05, 4.69) is 26.9 Å². The van der Waals surface area contributed by atoms with E-state index in [-0.39, 0.29) is 12.5 Å². The number of aryl methyl sites for hydroxylation is 1. The average molecular weight is 314 g/mol. The fourth-order valence-electron chi connectivity index (χ4n) is 2.05. The monoisotopic (exact) mass is 314 g/mol. The lowest BCUT2D eigenvalue weighted by molar-refractivity contribution is -0.137. The first-order valence-corrected chi connectivity index (χ1v) is 7.85. The second-order valence-electron chi connectivity index (χ2n) is 4.90. The summed E-state index contributed by atoms with van der Waals surface area (Å²) >= 11 is 1.14. The zero-order valence-corrected chi connectivity index (χ0v) is 13.2. The van der Waals surface area contributed by atoms with Crippen molar-refractivity contribution in [3.63, 3.8) is 0 Å². The standard InChI is InChI=1S/C13H22N4O3S/c1-3-4-10(5-6-11(18)19)7-8-14-12(20)16-13-15-9(2)17-21-13/h10H,3-8H2,1-2H3,(H,18,19)(H2,14,15,16,17,20). The third-order valence-corrected chi connectivity index (χ3v) is 3.77. The van der Waals surface area contributed by atoms with Crippen molar-refractivity contribution in [2.45, 2.75) is 46.0 Å². The van der Waals surface area contributed by atoms with E-state index in [4.69, 9.17) is 5.11 Å². The Morgan fingerprint density at radius 1 is 1.33 bits per heavy atom. The molecule has 1 aromatic rings. The maximum Gasteiger partial charge on any atom is 0.321 e. The van der Waals surface area contributed by atoms with Crippen LogP contribution in [0.5, 0.6) is 0 Å². The summed E-state index contributed by atoms with van der Waals surface area (Å²) in [5, 5.41) is 14.6. The van der Waals surface area contributed by atoms with Crippen molar-refractivity contribution in [2.75, 3.05) is 11.9 Å². The molecule has 8 heteroatoms. The van der Waals surface area contributed by atoms with Crippen molar-refractivity contribution in [1.82, 2.24) is 14.7 Å². The quantitative estimate of drug-likeness (QED) is 0.650. The average Bonchev–Trinajstić information content (AvgIpc) is 2.81. The summed E-state index contributed by atoms with van der Waals surface area (Å²) in [7, 11) is 0. The third-order valence-electron chi connectivity index (χ3n) is 3.05. The van der Waals surface area contributed by atoms with Gasteiger partial charge in [0.15, 0.2) is 0 Å². The number of anilines is 1. The smallest absolute Gasteiger partial charge is 0.321 e. The Bertz CT molecular complexity index is 464. The molecule has 1 heterocycles. The number of nitrogens with zero attached hydrogens (tertiary/aromatic N) is 2. The Balaban J connectivity index is 2.25. The highest BCUT2D eigenvalue weighted by Crippen LogP contribution is 2.17. The Kier molecular flexibility index (Phi) is 7.66. The molecule has 0 radical (unpaired) electrons. The molecule has 1 atom stereocenters. The molecule has 1 rings (SSSR count). The van der Waals surface area contributed by atoms with E-state index in [1.54, 1.807) is 6.92 Å². The van der Waals surface area contributed by atoms with Crippen molar-refractivity contribution in [3.05, 3.63) is 5.82 Å². The molecule has 0 bridgehead atoms. The molecule has 1 aromatic heterocycles. The molecule has 21 heavy (non-hydrogen) atoms. The van der Waals surface area contributed by atoms with E-state index >= 15 is 0 Å². The number of hydrogen-bond acceptors (Lipinski definition) is 5. The van der Waals surface area contributed by atoms with Gasteiger partial charge in [-0.1, -0.05) is 19.8 Å². The second-order valence-corrected chi connectivity index (χ2v) is 5.66. The van der Waals surface area contributed by atoms with Crippen LogP contribution < -0.4 is 10.6 Å². The molecule has 0 spiro atoms. The molecule has 0 aliphatic heterocycles. The Hall–Kier alpha value is -1.70. The van der Waals surface area contributed by atoms with Crippen LogP contribution in [0.2, 0.25) is 0 Å². The number of aromatic nitrogens is 2. The first-order valence-electron chi connectivity index (χ1n) is 7.08. The molecule has 1 unspecified atom stereocenters. The van der Waals surface area contributed by atoms with Crippen molar-refractivity contribution in [2.24, 2.45) is 5.92 Å². The normalized spacial score (nSPS) is 11.9. The van der Waals surface area contributed by atoms with E-state index in [9.17, 15) is 9.59 Å². The van der Waals surface area contributed by atoms with Crippen LogP contribution in [-0.4, -0.2) is 33.0 Å². The SMILES string of the molecule is CCCC(CCNC(=O)Nc1nc(C)ns1)CCC(=O)O. The van der Waals surface area contributed by atoms with Crippen molar-refractivity contribution < 1.29 is 14.7 Å². The van der Waals surface area contributed by atoms with Gasteiger partial charge in [0.25, 0.3) is 0 Å². The summed E-state index contributed by atoms with van der Waals surface area (Å²) in [6.45, 7) is 4.36. The highest BCUT2D eigenvalue weighted by Gasteiger charge is 2.11. The summed E-state index contributed by atoms with van der Waals surface area (Å²) < 4.78 is 3.98. The van der Waals surface area contributed by atoms with Crippen LogP contribution in [0.1, 0.15) is 44.9 Å². The minimum atomic E-state index is -0.770. The maximum atomic E-state index is 11.6. The van der Waals surface area contributed by atoms with Gasteiger partial charge in [0.1, 0.15) is 5.82 Å². The zero-order chi connectivity index (χ0) is 15.7. The molecule has 0 aliphatic carbocycles. The van der Waals surface area contributed by atoms with Gasteiger partial charge in [0.2, 0.25) is 5.13 Å².